The first-order valence-electron chi connectivity index (χ1n) is 15.5. The normalized spacial score (nSPS) is 15.8. The maximum absolute atomic E-state index is 13.7. The minimum atomic E-state index is -1.47. The molecule has 9 aromatic rings. The molecule has 1 aliphatic carbocycles. The van der Waals surface area contributed by atoms with Crippen LogP contribution in [0.2, 0.25) is 0 Å². The fraction of sp³-hybridized carbons (Fsp3) is 0.0476. The number of aliphatic hydroxyl groups is 1. The Hall–Kier alpha value is -5.16. The lowest BCUT2D eigenvalue weighted by atomic mass is 9.82. The third-order valence-electron chi connectivity index (χ3n) is 10.00. The van der Waals surface area contributed by atoms with Gasteiger partial charge in [-0.2, -0.15) is 0 Å². The quantitative estimate of drug-likeness (QED) is 0.201. The maximum Gasteiger partial charge on any atom is 0.144 e. The van der Waals surface area contributed by atoms with Crippen LogP contribution in [0.3, 0.4) is 0 Å². The highest BCUT2D eigenvalue weighted by atomic mass is 79.9. The SMILES string of the molecule is Cc1cc2c(c3ccccc13)-c1c(cc(Br)c3c1oc1ccccc13)C2(O)c1ccccc1-n1c2ccccc2c2ccccc21. The second kappa shape index (κ2) is 9.20. The van der Waals surface area contributed by atoms with E-state index in [2.05, 4.69) is 137 Å². The summed E-state index contributed by atoms with van der Waals surface area (Å²) in [4.78, 5) is 0. The third kappa shape index (κ3) is 3.20. The lowest BCUT2D eigenvalue weighted by Gasteiger charge is -2.30. The Bertz CT molecular complexity index is 2700. The molecule has 0 saturated carbocycles. The zero-order valence-electron chi connectivity index (χ0n) is 24.9. The first-order valence-corrected chi connectivity index (χ1v) is 16.3. The van der Waals surface area contributed by atoms with Crippen LogP contribution in [0.15, 0.2) is 142 Å². The van der Waals surface area contributed by atoms with Crippen molar-refractivity contribution in [3.8, 4) is 16.8 Å². The van der Waals surface area contributed by atoms with Crippen molar-refractivity contribution < 1.29 is 9.52 Å². The molecule has 1 N–H and O–H groups in total. The molecule has 2 heterocycles. The van der Waals surface area contributed by atoms with E-state index in [0.29, 0.717) is 0 Å². The predicted octanol–water partition coefficient (Wildman–Crippen LogP) is 11.2. The highest BCUT2D eigenvalue weighted by Gasteiger charge is 2.47. The fourth-order valence-electron chi connectivity index (χ4n) is 8.09. The van der Waals surface area contributed by atoms with E-state index in [1.54, 1.807) is 0 Å². The molecule has 0 bridgehead atoms. The molecule has 4 heteroatoms. The summed E-state index contributed by atoms with van der Waals surface area (Å²) in [6.07, 6.45) is 0. The predicted molar refractivity (Wildman–Crippen MR) is 192 cm³/mol. The van der Waals surface area contributed by atoms with Crippen LogP contribution in [0.25, 0.3) is 71.3 Å². The zero-order valence-corrected chi connectivity index (χ0v) is 26.5. The summed E-state index contributed by atoms with van der Waals surface area (Å²) in [6.45, 7) is 2.14. The van der Waals surface area contributed by atoms with Crippen molar-refractivity contribution in [1.29, 1.82) is 0 Å². The maximum atomic E-state index is 13.7. The average Bonchev–Trinajstić information content (AvgIpc) is 3.72. The van der Waals surface area contributed by atoms with E-state index in [4.69, 9.17) is 4.42 Å². The molecular formula is C42H26BrNO2. The molecule has 0 amide bonds. The van der Waals surface area contributed by atoms with E-state index in [1.165, 1.54) is 16.2 Å². The highest BCUT2D eigenvalue weighted by Crippen LogP contribution is 2.58. The van der Waals surface area contributed by atoms with Gasteiger partial charge in [-0.1, -0.05) is 103 Å². The number of rotatable bonds is 2. The van der Waals surface area contributed by atoms with Crippen molar-refractivity contribution in [3.63, 3.8) is 0 Å². The van der Waals surface area contributed by atoms with E-state index >= 15 is 0 Å². The standard InChI is InChI=1S/C42H26BrNO2/c1-24-22-31-38(28-15-3-2-12-25(24)28)40-32(23-33(43)39-29-16-6-11-21-37(29)46-41(39)40)42(31,45)30-17-7-10-20-36(30)44-34-18-8-4-13-26(34)27-14-5-9-19-35(27)44/h2-23,45H,1H3. The number of para-hydroxylation sites is 4. The van der Waals surface area contributed by atoms with Gasteiger partial charge in [-0.3, -0.25) is 0 Å². The van der Waals surface area contributed by atoms with Gasteiger partial charge in [0.15, 0.2) is 0 Å². The largest absolute Gasteiger partial charge is 0.455 e. The summed E-state index contributed by atoms with van der Waals surface area (Å²) in [6, 6.07) is 46.3. The van der Waals surface area contributed by atoms with Crippen LogP contribution >= 0.6 is 15.9 Å². The van der Waals surface area contributed by atoms with Crippen molar-refractivity contribution in [2.75, 3.05) is 0 Å². The van der Waals surface area contributed by atoms with Crippen LogP contribution in [0, 0.1) is 6.92 Å². The highest BCUT2D eigenvalue weighted by molar-refractivity contribution is 9.10. The molecule has 0 saturated heterocycles. The van der Waals surface area contributed by atoms with Crippen molar-refractivity contribution >= 4 is 70.4 Å². The van der Waals surface area contributed by atoms with Crippen LogP contribution in [0.5, 0.6) is 0 Å². The number of hydrogen-bond donors (Lipinski definition) is 1. The first kappa shape index (κ1) is 26.1. The number of benzene rings is 7. The molecule has 0 spiro atoms. The van der Waals surface area contributed by atoms with Crippen molar-refractivity contribution in [1.82, 2.24) is 4.57 Å². The molecule has 2 aromatic heterocycles. The zero-order chi connectivity index (χ0) is 30.7. The number of nitrogens with zero attached hydrogens (tertiary/aromatic N) is 1. The fourth-order valence-corrected chi connectivity index (χ4v) is 8.71. The summed E-state index contributed by atoms with van der Waals surface area (Å²) in [5, 5.41) is 20.4. The molecule has 1 unspecified atom stereocenters. The minimum absolute atomic E-state index is 0.783. The Balaban J connectivity index is 1.40. The number of aryl methyl sites for hydroxylation is 1. The Labute approximate surface area is 273 Å². The smallest absolute Gasteiger partial charge is 0.144 e. The van der Waals surface area contributed by atoms with Gasteiger partial charge in [-0.05, 0) is 69.5 Å². The lowest BCUT2D eigenvalue weighted by molar-refractivity contribution is 0.130. The summed E-state index contributed by atoms with van der Waals surface area (Å²) < 4.78 is 9.91. The van der Waals surface area contributed by atoms with Crippen molar-refractivity contribution in [2.24, 2.45) is 0 Å². The summed E-state index contributed by atoms with van der Waals surface area (Å²) >= 11 is 3.93. The van der Waals surface area contributed by atoms with E-state index < -0.39 is 5.60 Å². The first-order chi connectivity index (χ1) is 22.6. The van der Waals surface area contributed by atoms with E-state index in [1.807, 2.05) is 24.3 Å². The number of fused-ring (bicyclic) bond motifs is 12. The molecule has 0 radical (unpaired) electrons. The third-order valence-corrected chi connectivity index (χ3v) is 10.6. The number of furan rings is 1. The molecule has 0 fully saturated rings. The molecule has 218 valence electrons. The topological polar surface area (TPSA) is 38.3 Å². The van der Waals surface area contributed by atoms with Crippen molar-refractivity contribution in [3.05, 3.63) is 160 Å². The Kier molecular flexibility index (Phi) is 5.22. The van der Waals surface area contributed by atoms with Gasteiger partial charge in [0.2, 0.25) is 0 Å². The van der Waals surface area contributed by atoms with Gasteiger partial charge in [0.05, 0.1) is 16.7 Å². The molecule has 46 heavy (non-hydrogen) atoms. The van der Waals surface area contributed by atoms with E-state index in [0.717, 1.165) is 81.9 Å². The van der Waals surface area contributed by atoms with Gasteiger partial charge in [0, 0.05) is 53.8 Å². The van der Waals surface area contributed by atoms with Crippen LogP contribution in [-0.2, 0) is 5.60 Å². The van der Waals surface area contributed by atoms with Gasteiger partial charge >= 0.3 is 0 Å². The Morgan fingerprint density at radius 3 is 1.89 bits per heavy atom. The monoisotopic (exact) mass is 655 g/mol. The van der Waals surface area contributed by atoms with Gasteiger partial charge in [-0.25, -0.2) is 0 Å². The molecule has 7 aromatic carbocycles. The summed E-state index contributed by atoms with van der Waals surface area (Å²) in [5.74, 6) is 0. The Morgan fingerprint density at radius 1 is 0.587 bits per heavy atom. The van der Waals surface area contributed by atoms with Gasteiger partial charge in [0.25, 0.3) is 0 Å². The van der Waals surface area contributed by atoms with Gasteiger partial charge < -0.3 is 14.1 Å². The number of halogens is 1. The summed E-state index contributed by atoms with van der Waals surface area (Å²) in [7, 11) is 0. The number of hydrogen-bond acceptors (Lipinski definition) is 2. The van der Waals surface area contributed by atoms with Gasteiger partial charge in [-0.15, -0.1) is 0 Å². The Morgan fingerprint density at radius 2 is 1.15 bits per heavy atom. The molecule has 1 aliphatic rings. The molecule has 1 atom stereocenters. The molecular weight excluding hydrogens is 630 g/mol. The van der Waals surface area contributed by atoms with Crippen LogP contribution < -0.4 is 0 Å². The lowest BCUT2D eigenvalue weighted by Crippen LogP contribution is -2.28. The van der Waals surface area contributed by atoms with Crippen LogP contribution in [-0.4, -0.2) is 9.67 Å². The van der Waals surface area contributed by atoms with E-state index in [-0.39, 0.29) is 0 Å². The summed E-state index contributed by atoms with van der Waals surface area (Å²) in [5.41, 5.74) is 8.85. The molecule has 0 aliphatic heterocycles. The number of aromatic nitrogens is 1. The van der Waals surface area contributed by atoms with Crippen LogP contribution in [0.4, 0.5) is 0 Å². The van der Waals surface area contributed by atoms with Crippen molar-refractivity contribution in [2.45, 2.75) is 12.5 Å². The average molecular weight is 657 g/mol. The molecule has 3 nitrogen and oxygen atoms in total. The van der Waals surface area contributed by atoms with Crippen LogP contribution in [0.1, 0.15) is 22.3 Å². The second-order valence-electron chi connectivity index (χ2n) is 12.3. The van der Waals surface area contributed by atoms with Gasteiger partial charge in [0.1, 0.15) is 16.8 Å². The second-order valence-corrected chi connectivity index (χ2v) is 13.2. The molecule has 10 rings (SSSR count). The van der Waals surface area contributed by atoms with E-state index in [9.17, 15) is 5.11 Å². The minimum Gasteiger partial charge on any atom is -0.455 e.